The second-order valence-corrected chi connectivity index (χ2v) is 6.29. The van der Waals surface area contributed by atoms with Gasteiger partial charge in [-0.25, -0.2) is 4.98 Å². The minimum absolute atomic E-state index is 0.0399. The number of phenolic OH excluding ortho intramolecular Hbond substituents is 1. The number of benzene rings is 1. The molecule has 2 heterocycles. The summed E-state index contributed by atoms with van der Waals surface area (Å²) < 4.78 is 5.26. The van der Waals surface area contributed by atoms with Crippen molar-refractivity contribution >= 4 is 22.7 Å². The van der Waals surface area contributed by atoms with E-state index in [4.69, 9.17) is 4.52 Å². The van der Waals surface area contributed by atoms with E-state index in [1.54, 1.807) is 19.1 Å². The van der Waals surface area contributed by atoms with Crippen LogP contribution in [0.3, 0.4) is 0 Å². The summed E-state index contributed by atoms with van der Waals surface area (Å²) in [5.41, 5.74) is 3.63. The average Bonchev–Trinajstić information content (AvgIpc) is 3.33. The number of aryl methyl sites for hydroxylation is 2. The maximum Gasteiger partial charge on any atom is 0.259 e. The van der Waals surface area contributed by atoms with Crippen LogP contribution in [0.1, 0.15) is 46.1 Å². The molecule has 0 spiro atoms. The number of anilines is 1. The first kappa shape index (κ1) is 14.7. The smallest absolute Gasteiger partial charge is 0.259 e. The van der Waals surface area contributed by atoms with Crippen molar-refractivity contribution < 1.29 is 14.4 Å². The molecule has 1 aliphatic carbocycles. The summed E-state index contributed by atoms with van der Waals surface area (Å²) >= 11 is 0. The molecule has 122 valence electrons. The summed E-state index contributed by atoms with van der Waals surface area (Å²) in [6.45, 7) is 3.66. The van der Waals surface area contributed by atoms with Crippen molar-refractivity contribution in [2.45, 2.75) is 32.6 Å². The van der Waals surface area contributed by atoms with Crippen LogP contribution in [-0.4, -0.2) is 21.2 Å². The number of phenols is 1. The molecule has 0 saturated heterocycles. The van der Waals surface area contributed by atoms with Crippen molar-refractivity contribution in [3.05, 3.63) is 46.8 Å². The molecular formula is C18H17N3O3. The summed E-state index contributed by atoms with van der Waals surface area (Å²) in [6.07, 6.45) is 2.15. The molecule has 1 saturated carbocycles. The average molecular weight is 323 g/mol. The van der Waals surface area contributed by atoms with E-state index in [1.807, 2.05) is 19.1 Å². The van der Waals surface area contributed by atoms with Crippen LogP contribution in [-0.2, 0) is 0 Å². The number of rotatable bonds is 3. The molecular weight excluding hydrogens is 306 g/mol. The maximum atomic E-state index is 12.8. The number of carbonyl (C=O) groups excluding carboxylic acids is 1. The van der Waals surface area contributed by atoms with E-state index in [-0.39, 0.29) is 11.7 Å². The molecule has 1 fully saturated rings. The third kappa shape index (κ3) is 2.50. The molecule has 1 aromatic carbocycles. The Kier molecular flexibility index (Phi) is 3.26. The fourth-order valence-corrected chi connectivity index (χ4v) is 2.82. The van der Waals surface area contributed by atoms with E-state index in [9.17, 15) is 9.90 Å². The molecule has 1 aliphatic rings. The van der Waals surface area contributed by atoms with Gasteiger partial charge in [0.15, 0.2) is 0 Å². The second kappa shape index (κ2) is 5.33. The highest BCUT2D eigenvalue weighted by Crippen LogP contribution is 2.40. The highest BCUT2D eigenvalue weighted by Gasteiger charge is 2.28. The first-order chi connectivity index (χ1) is 11.5. The zero-order valence-corrected chi connectivity index (χ0v) is 13.5. The van der Waals surface area contributed by atoms with E-state index in [1.165, 1.54) is 0 Å². The lowest BCUT2D eigenvalue weighted by molar-refractivity contribution is 0.102. The summed E-state index contributed by atoms with van der Waals surface area (Å²) in [5, 5.41) is 17.3. The fraction of sp³-hybridized carbons (Fsp3) is 0.278. The molecule has 0 bridgehead atoms. The number of amides is 1. The molecule has 0 atom stereocenters. The normalized spacial score (nSPS) is 14.1. The number of carbonyl (C=O) groups is 1. The van der Waals surface area contributed by atoms with Gasteiger partial charge in [-0.05, 0) is 50.5 Å². The standard InChI is InChI=1S/C18H17N3O3/c1-9-3-6-13(15(22)7-9)19-17(23)12-8-14(11-4-5-11)20-18-16(12)10(2)21-24-18/h3,6-8,11,22H,4-5H2,1-2H3,(H,19,23). The van der Waals surface area contributed by atoms with Crippen molar-refractivity contribution in [3.63, 3.8) is 0 Å². The number of pyridine rings is 1. The quantitative estimate of drug-likeness (QED) is 0.718. The van der Waals surface area contributed by atoms with Crippen molar-refractivity contribution in [1.29, 1.82) is 0 Å². The molecule has 2 N–H and O–H groups in total. The van der Waals surface area contributed by atoms with Gasteiger partial charge in [0.2, 0.25) is 0 Å². The van der Waals surface area contributed by atoms with E-state index in [0.29, 0.717) is 34.0 Å². The topological polar surface area (TPSA) is 88.3 Å². The molecule has 2 aromatic heterocycles. The van der Waals surface area contributed by atoms with Gasteiger partial charge in [0.1, 0.15) is 5.75 Å². The molecule has 4 rings (SSSR count). The van der Waals surface area contributed by atoms with Gasteiger partial charge >= 0.3 is 0 Å². The predicted molar refractivity (Wildman–Crippen MR) is 89.3 cm³/mol. The Balaban J connectivity index is 1.76. The highest BCUT2D eigenvalue weighted by molar-refractivity contribution is 6.12. The van der Waals surface area contributed by atoms with E-state index < -0.39 is 0 Å². The molecule has 6 heteroatoms. The highest BCUT2D eigenvalue weighted by atomic mass is 16.5. The van der Waals surface area contributed by atoms with Crippen molar-refractivity contribution in [3.8, 4) is 5.75 Å². The van der Waals surface area contributed by atoms with Gasteiger partial charge < -0.3 is 14.9 Å². The Labute approximate surface area is 138 Å². The van der Waals surface area contributed by atoms with Gasteiger partial charge in [-0.15, -0.1) is 0 Å². The van der Waals surface area contributed by atoms with Crippen molar-refractivity contribution in [1.82, 2.24) is 10.1 Å². The van der Waals surface area contributed by atoms with Crippen LogP contribution in [0.2, 0.25) is 0 Å². The summed E-state index contributed by atoms with van der Waals surface area (Å²) in [5.74, 6) is 0.118. The van der Waals surface area contributed by atoms with Gasteiger partial charge in [-0.1, -0.05) is 11.2 Å². The Morgan fingerprint density at radius 2 is 2.08 bits per heavy atom. The molecule has 1 amide bonds. The van der Waals surface area contributed by atoms with Crippen molar-refractivity contribution in [2.75, 3.05) is 5.32 Å². The molecule has 24 heavy (non-hydrogen) atoms. The van der Waals surface area contributed by atoms with Gasteiger partial charge in [-0.2, -0.15) is 0 Å². The fourth-order valence-electron chi connectivity index (χ4n) is 2.82. The zero-order chi connectivity index (χ0) is 16.8. The van der Waals surface area contributed by atoms with Gasteiger partial charge in [-0.3, -0.25) is 4.79 Å². The van der Waals surface area contributed by atoms with E-state index in [0.717, 1.165) is 24.1 Å². The van der Waals surface area contributed by atoms with E-state index >= 15 is 0 Å². The summed E-state index contributed by atoms with van der Waals surface area (Å²) in [4.78, 5) is 17.3. The van der Waals surface area contributed by atoms with Crippen LogP contribution in [0.4, 0.5) is 5.69 Å². The van der Waals surface area contributed by atoms with Crippen LogP contribution in [0.15, 0.2) is 28.8 Å². The SMILES string of the molecule is Cc1ccc(NC(=O)c2cc(C3CC3)nc3onc(C)c23)c(O)c1. The lowest BCUT2D eigenvalue weighted by Gasteiger charge is -2.09. The van der Waals surface area contributed by atoms with Gasteiger partial charge in [0.05, 0.1) is 22.3 Å². The number of fused-ring (bicyclic) bond motifs is 1. The number of hydrogen-bond acceptors (Lipinski definition) is 5. The van der Waals surface area contributed by atoms with E-state index in [2.05, 4.69) is 15.5 Å². The van der Waals surface area contributed by atoms with Crippen LogP contribution in [0.5, 0.6) is 5.75 Å². The summed E-state index contributed by atoms with van der Waals surface area (Å²) in [7, 11) is 0. The van der Waals surface area contributed by atoms with Crippen LogP contribution in [0.25, 0.3) is 11.1 Å². The third-order valence-electron chi connectivity index (χ3n) is 4.28. The number of hydrogen-bond donors (Lipinski definition) is 2. The third-order valence-corrected chi connectivity index (χ3v) is 4.28. The Morgan fingerprint density at radius 3 is 2.79 bits per heavy atom. The van der Waals surface area contributed by atoms with Crippen molar-refractivity contribution in [2.24, 2.45) is 0 Å². The predicted octanol–water partition coefficient (Wildman–Crippen LogP) is 3.67. The van der Waals surface area contributed by atoms with Crippen LogP contribution in [0, 0.1) is 13.8 Å². The first-order valence-corrected chi connectivity index (χ1v) is 7.91. The number of nitrogens with one attached hydrogen (secondary N) is 1. The van der Waals surface area contributed by atoms with Crippen LogP contribution < -0.4 is 5.32 Å². The maximum absolute atomic E-state index is 12.8. The zero-order valence-electron chi connectivity index (χ0n) is 13.5. The minimum Gasteiger partial charge on any atom is -0.506 e. The Morgan fingerprint density at radius 1 is 1.29 bits per heavy atom. The minimum atomic E-state index is -0.310. The molecule has 0 radical (unpaired) electrons. The molecule has 0 aliphatic heterocycles. The second-order valence-electron chi connectivity index (χ2n) is 6.29. The molecule has 6 nitrogen and oxygen atoms in total. The number of aromatic hydroxyl groups is 1. The molecule has 0 unspecified atom stereocenters. The Hall–Kier alpha value is -2.89. The van der Waals surface area contributed by atoms with Gasteiger partial charge in [0, 0.05) is 11.6 Å². The number of nitrogens with zero attached hydrogens (tertiary/aromatic N) is 2. The monoisotopic (exact) mass is 323 g/mol. The lowest BCUT2D eigenvalue weighted by atomic mass is 10.1. The largest absolute Gasteiger partial charge is 0.506 e. The lowest BCUT2D eigenvalue weighted by Crippen LogP contribution is -2.13. The number of aromatic nitrogens is 2. The van der Waals surface area contributed by atoms with Gasteiger partial charge in [0.25, 0.3) is 11.6 Å². The summed E-state index contributed by atoms with van der Waals surface area (Å²) in [6, 6.07) is 6.93. The van der Waals surface area contributed by atoms with Crippen LogP contribution >= 0.6 is 0 Å². The molecule has 3 aromatic rings. The Bertz CT molecular complexity index is 958. The first-order valence-electron chi connectivity index (χ1n) is 7.91.